The molecule has 0 saturated carbocycles. The average molecular weight is 1750 g/mol. The Bertz CT molecular complexity index is 4810. The molecule has 28 nitrogen and oxygen atoms in total. The molecule has 0 saturated heterocycles. The van der Waals surface area contributed by atoms with Crippen molar-refractivity contribution in [3.63, 3.8) is 0 Å². The maximum Gasteiger partial charge on any atom is 0.426 e. The molecule has 8 rings (SSSR count). The van der Waals surface area contributed by atoms with Crippen LogP contribution in [0.4, 0.5) is 22.7 Å². The SMILES string of the molecule is CN(C)P(=Nc1ccc2ccccc2c1-c1c([N-]P(=[N+]=P(N(C)C)(N(C)C)N(C)C)(N(C)C)N(C)C)ccc2ccccc12)(N=P(N(C)C)(N(C)C)N(C)C)N(C)C.CN(C)P(=Nc1ccc2ccccc2c1-c1c([N-]P(=[N+]=P(N(C)C)(N(C)C)N(C)C)(N(C)C)N(C)C)ccc2ccccc12)(N=P(N(C)C)(N(C)C)N(C)C)N(C)C. The molecule has 0 atom stereocenters. The summed E-state index contributed by atoms with van der Waals surface area (Å²) < 4.78 is 80.7. The van der Waals surface area contributed by atoms with Crippen LogP contribution < -0.4 is 8.35 Å². The van der Waals surface area contributed by atoms with Crippen molar-refractivity contribution in [2.75, 3.05) is 282 Å². The molecule has 0 spiro atoms. The van der Waals surface area contributed by atoms with Crippen LogP contribution in [0.1, 0.15) is 0 Å². The molecule has 0 aliphatic heterocycles. The maximum absolute atomic E-state index is 5.96. The second-order valence-electron chi connectivity index (χ2n) is 32.7. The third-order valence-electron chi connectivity index (χ3n) is 20.8. The first kappa shape index (κ1) is 98.8. The highest BCUT2D eigenvalue weighted by Gasteiger charge is 2.46. The molecule has 0 unspecified atom stereocenters. The first-order chi connectivity index (χ1) is 53.9. The number of nitrogens with zero attached hydrogens (tertiary/aromatic N) is 28. The average Bonchev–Trinajstić information content (AvgIpc) is 0.735. The summed E-state index contributed by atoms with van der Waals surface area (Å²) in [6.45, 7) is 0. The Morgan fingerprint density at radius 2 is 0.422 bits per heavy atom. The van der Waals surface area contributed by atoms with Crippen molar-refractivity contribution in [1.29, 1.82) is 0 Å². The fourth-order valence-corrected chi connectivity index (χ4v) is 49.1. The van der Waals surface area contributed by atoms with Gasteiger partial charge in [0.15, 0.2) is 15.0 Å². The minimum Gasteiger partial charge on any atom is -0.568 e. The Morgan fingerprint density at radius 3 is 0.621 bits per heavy atom. The highest BCUT2D eigenvalue weighted by Crippen LogP contribution is 2.73. The maximum atomic E-state index is 5.96. The summed E-state index contributed by atoms with van der Waals surface area (Å²) in [7, 11) is 63.9. The van der Waals surface area contributed by atoms with Crippen LogP contribution >= 0.6 is 60.1 Å². The van der Waals surface area contributed by atoms with Crippen molar-refractivity contribution in [2.45, 2.75) is 0 Å². The third kappa shape index (κ3) is 18.6. The molecule has 644 valence electrons. The van der Waals surface area contributed by atoms with E-state index in [0.717, 1.165) is 88.1 Å². The fourth-order valence-electron chi connectivity index (χ4n) is 15.8. The van der Waals surface area contributed by atoms with Gasteiger partial charge in [-0.05, 0) is 348 Å². The van der Waals surface area contributed by atoms with Crippen molar-refractivity contribution < 1.29 is 0 Å². The van der Waals surface area contributed by atoms with Gasteiger partial charge in [-0.3, -0.25) is 28.0 Å². The van der Waals surface area contributed by atoms with Crippen LogP contribution in [0, 0.1) is 0 Å². The molecule has 0 aliphatic carbocycles. The summed E-state index contributed by atoms with van der Waals surface area (Å²) in [5.74, 6) is 0. The molecule has 0 aromatic heterocycles. The van der Waals surface area contributed by atoms with Crippen molar-refractivity contribution >= 4 is 126 Å². The largest absolute Gasteiger partial charge is 0.568 e. The molecule has 0 N–H and O–H groups in total. The van der Waals surface area contributed by atoms with Crippen molar-refractivity contribution in [2.24, 2.45) is 18.5 Å². The lowest BCUT2D eigenvalue weighted by atomic mass is 9.91. The Kier molecular flexibility index (Phi) is 33.6. The number of hydrogen-bond donors (Lipinski definition) is 0. The van der Waals surface area contributed by atoms with Crippen LogP contribution in [0.25, 0.3) is 75.5 Å². The van der Waals surface area contributed by atoms with E-state index >= 15 is 0 Å². The second kappa shape index (κ2) is 39.5. The molecule has 0 aliphatic rings. The van der Waals surface area contributed by atoms with Crippen molar-refractivity contribution in [3.8, 4) is 22.3 Å². The standard InChI is InChI=1S/2C40H72N14P4/c2*1-45(2)55(46(3)4,43-57(49(9)10,50(11)12)51(13)14)41-37-31-29-33-25-21-23-27-35(33)39(37)40-36-28-24-22-26-34(36)30-32-38(40)42-56(47(5)6,48(7)8)44-58(52(15)16,53(17)18)54(19)20/h2*21-32H,1-20H3. The van der Waals surface area contributed by atoms with Gasteiger partial charge < -0.3 is 10.2 Å². The molecule has 0 amide bonds. The molecule has 116 heavy (non-hydrogen) atoms. The lowest BCUT2D eigenvalue weighted by molar-refractivity contribution is 0.471. The van der Waals surface area contributed by atoms with E-state index in [0.29, 0.717) is 0 Å². The molecule has 0 radical (unpaired) electrons. The Hall–Kier alpha value is -4.34. The van der Waals surface area contributed by atoms with Gasteiger partial charge >= 0.3 is 15.0 Å². The summed E-state index contributed by atoms with van der Waals surface area (Å²) >= 11 is 0. The molecule has 8 aromatic rings. The third-order valence-corrected chi connectivity index (χ3v) is 51.9. The van der Waals surface area contributed by atoms with E-state index in [1.165, 1.54) is 0 Å². The number of hydrogen-bond acceptors (Lipinski definition) is 2. The van der Waals surface area contributed by atoms with Gasteiger partial charge in [-0.15, -0.1) is 19.7 Å². The van der Waals surface area contributed by atoms with Gasteiger partial charge in [0.25, 0.3) is 15.0 Å². The number of fused-ring (bicyclic) bond motifs is 4. The Balaban J connectivity index is 0.000000321. The quantitative estimate of drug-likeness (QED) is 0.0307. The number of benzene rings is 8. The van der Waals surface area contributed by atoms with E-state index in [1.54, 1.807) is 0 Å². The van der Waals surface area contributed by atoms with E-state index in [2.05, 4.69) is 521 Å². The zero-order valence-corrected chi connectivity index (χ0v) is 85.1. The molecular weight excluding hydrogens is 1600 g/mol. The Morgan fingerprint density at radius 1 is 0.216 bits per heavy atom. The van der Waals surface area contributed by atoms with E-state index < -0.39 is 60.1 Å². The molecule has 0 fully saturated rings. The zero-order chi connectivity index (χ0) is 87.4. The van der Waals surface area contributed by atoms with Crippen LogP contribution in [-0.2, 0) is 0 Å². The van der Waals surface area contributed by atoms with Gasteiger partial charge in [-0.2, -0.15) is 9.03 Å². The predicted molar refractivity (Wildman–Crippen MR) is 522 cm³/mol. The normalized spacial score (nSPS) is 13.6. The lowest BCUT2D eigenvalue weighted by Gasteiger charge is -2.44. The van der Waals surface area contributed by atoms with E-state index in [1.807, 2.05) is 0 Å². The minimum absolute atomic E-state index is 0.868. The van der Waals surface area contributed by atoms with Gasteiger partial charge in [0.05, 0.1) is 11.4 Å². The Labute approximate surface area is 701 Å². The second-order valence-corrected chi connectivity index (χ2v) is 61.0. The van der Waals surface area contributed by atoms with Crippen LogP contribution in [0.15, 0.2) is 164 Å². The fraction of sp³-hybridized carbons (Fsp3) is 0.500. The van der Waals surface area contributed by atoms with Gasteiger partial charge in [0.2, 0.25) is 15.0 Å². The highest BCUT2D eigenvalue weighted by atomic mass is 31.2. The molecule has 36 heteroatoms. The molecule has 0 heterocycles. The highest BCUT2D eigenvalue weighted by molar-refractivity contribution is 7.72. The molecular formula is C80H144N28P8. The minimum atomic E-state index is -2.81. The van der Waals surface area contributed by atoms with Gasteiger partial charge in [-0.1, -0.05) is 133 Å². The van der Waals surface area contributed by atoms with Crippen molar-refractivity contribution in [3.05, 3.63) is 156 Å². The van der Waals surface area contributed by atoms with Crippen molar-refractivity contribution in [1.82, 2.24) is 102 Å². The zero-order valence-electron chi connectivity index (χ0n) is 78.0. The first-order valence-electron chi connectivity index (χ1n) is 38.6. The summed E-state index contributed by atoms with van der Waals surface area (Å²) in [5.41, 5.74) is 7.60. The first-order valence-corrected chi connectivity index (χ1v) is 51.4. The predicted octanol–water partition coefficient (Wildman–Crippen LogP) is 19.5. The topological polar surface area (TPSA) is 171 Å². The monoisotopic (exact) mass is 1750 g/mol. The van der Waals surface area contributed by atoms with Gasteiger partial charge in [0.1, 0.15) is 0 Å². The van der Waals surface area contributed by atoms with Crippen LogP contribution in [0.3, 0.4) is 0 Å². The van der Waals surface area contributed by atoms with E-state index in [9.17, 15) is 0 Å². The van der Waals surface area contributed by atoms with E-state index in [-0.39, 0.29) is 0 Å². The summed E-state index contributed by atoms with van der Waals surface area (Å²) in [4.78, 5) is 0. The molecule has 8 aromatic carbocycles. The van der Waals surface area contributed by atoms with Crippen LogP contribution in [-0.4, -0.2) is 375 Å². The summed E-state index contributed by atoms with van der Waals surface area (Å²) in [5, 5.41) is 20.8. The van der Waals surface area contributed by atoms with Gasteiger partial charge in [0, 0.05) is 11.1 Å². The van der Waals surface area contributed by atoms with E-state index in [4.69, 9.17) is 37.0 Å². The lowest BCUT2D eigenvalue weighted by Crippen LogP contribution is -2.33. The number of rotatable bonds is 30. The van der Waals surface area contributed by atoms with Crippen LogP contribution in [0.2, 0.25) is 0 Å². The van der Waals surface area contributed by atoms with Crippen LogP contribution in [0.5, 0.6) is 0 Å². The summed E-state index contributed by atoms with van der Waals surface area (Å²) in [6, 6.07) is 52.1. The summed E-state index contributed by atoms with van der Waals surface area (Å²) in [6.07, 6.45) is 0. The molecule has 0 bridgehead atoms. The van der Waals surface area contributed by atoms with Gasteiger partial charge in [-0.25, -0.2) is 74.9 Å². The smallest absolute Gasteiger partial charge is 0.426 e.